The van der Waals surface area contributed by atoms with Crippen LogP contribution in [0.15, 0.2) is 6.20 Å². The molecule has 2 heterocycles. The van der Waals surface area contributed by atoms with Crippen LogP contribution in [-0.2, 0) is 4.74 Å². The molecule has 2 rings (SSSR count). The summed E-state index contributed by atoms with van der Waals surface area (Å²) in [4.78, 5) is 15.0. The Hall–Kier alpha value is -0.940. The molecule has 0 aliphatic carbocycles. The molecule has 1 aromatic rings. The predicted molar refractivity (Wildman–Crippen MR) is 47.3 cm³/mol. The van der Waals surface area contributed by atoms with E-state index in [2.05, 4.69) is 4.98 Å². The van der Waals surface area contributed by atoms with Crippen molar-refractivity contribution in [1.29, 1.82) is 0 Å². The summed E-state index contributed by atoms with van der Waals surface area (Å²) in [6.07, 6.45) is 2.37. The monoisotopic (exact) mass is 199 g/mol. The third-order valence-electron chi connectivity index (χ3n) is 2.01. The van der Waals surface area contributed by atoms with Gasteiger partial charge in [-0.15, -0.1) is 11.3 Å². The lowest BCUT2D eigenvalue weighted by Crippen LogP contribution is -1.95. The van der Waals surface area contributed by atoms with Crippen LogP contribution < -0.4 is 0 Å². The van der Waals surface area contributed by atoms with E-state index < -0.39 is 5.97 Å². The number of aromatic nitrogens is 1. The van der Waals surface area contributed by atoms with Gasteiger partial charge in [0.1, 0.15) is 4.88 Å². The topological polar surface area (TPSA) is 59.4 Å². The van der Waals surface area contributed by atoms with Crippen molar-refractivity contribution in [2.24, 2.45) is 0 Å². The number of thiazole rings is 1. The first-order valence-corrected chi connectivity index (χ1v) is 4.86. The maximum absolute atomic E-state index is 10.6. The average Bonchev–Trinajstić information content (AvgIpc) is 2.75. The Morgan fingerprint density at radius 3 is 3.15 bits per heavy atom. The fraction of sp³-hybridized carbons (Fsp3) is 0.500. The fourth-order valence-corrected chi connectivity index (χ4v) is 2.18. The van der Waals surface area contributed by atoms with Crippen LogP contribution >= 0.6 is 11.3 Å². The second kappa shape index (κ2) is 3.43. The molecule has 70 valence electrons. The lowest BCUT2D eigenvalue weighted by atomic mass is 10.1. The number of hydrogen-bond acceptors (Lipinski definition) is 4. The van der Waals surface area contributed by atoms with Gasteiger partial charge in [0.05, 0.1) is 17.8 Å². The van der Waals surface area contributed by atoms with E-state index in [0.29, 0.717) is 17.4 Å². The van der Waals surface area contributed by atoms with Gasteiger partial charge in [0.2, 0.25) is 0 Å². The number of hydrogen-bond donors (Lipinski definition) is 1. The molecule has 5 heteroatoms. The zero-order valence-corrected chi connectivity index (χ0v) is 7.71. The number of carboxylic acids is 1. The Morgan fingerprint density at radius 1 is 1.77 bits per heavy atom. The van der Waals surface area contributed by atoms with E-state index in [-0.39, 0.29) is 0 Å². The highest BCUT2D eigenvalue weighted by molar-refractivity contribution is 7.13. The summed E-state index contributed by atoms with van der Waals surface area (Å²) in [5.74, 6) is -0.597. The van der Waals surface area contributed by atoms with Gasteiger partial charge in [0.15, 0.2) is 0 Å². The van der Waals surface area contributed by atoms with Crippen molar-refractivity contribution in [2.45, 2.75) is 12.3 Å². The molecular weight excluding hydrogens is 190 g/mol. The zero-order valence-electron chi connectivity index (χ0n) is 6.90. The molecule has 1 atom stereocenters. The quantitative estimate of drug-likeness (QED) is 0.781. The minimum atomic E-state index is -0.900. The second-order valence-corrected chi connectivity index (χ2v) is 3.99. The lowest BCUT2D eigenvalue weighted by molar-refractivity contribution is 0.0702. The predicted octanol–water partition coefficient (Wildman–Crippen LogP) is 1.35. The van der Waals surface area contributed by atoms with E-state index in [4.69, 9.17) is 9.84 Å². The van der Waals surface area contributed by atoms with Gasteiger partial charge in [-0.1, -0.05) is 0 Å². The lowest BCUT2D eigenvalue weighted by Gasteiger charge is -1.99. The maximum atomic E-state index is 10.6. The van der Waals surface area contributed by atoms with Crippen molar-refractivity contribution in [1.82, 2.24) is 4.98 Å². The van der Waals surface area contributed by atoms with Crippen molar-refractivity contribution in [3.8, 4) is 0 Å². The molecule has 1 aliphatic rings. The zero-order chi connectivity index (χ0) is 9.26. The van der Waals surface area contributed by atoms with Gasteiger partial charge in [-0.25, -0.2) is 9.78 Å². The summed E-state index contributed by atoms with van der Waals surface area (Å²) in [6.45, 7) is 1.43. The minimum Gasteiger partial charge on any atom is -0.477 e. The number of rotatable bonds is 2. The van der Waals surface area contributed by atoms with Crippen LogP contribution in [0.3, 0.4) is 0 Å². The molecule has 1 aliphatic heterocycles. The van der Waals surface area contributed by atoms with Gasteiger partial charge < -0.3 is 9.84 Å². The third-order valence-corrected chi connectivity index (χ3v) is 3.16. The average molecular weight is 199 g/mol. The Morgan fingerprint density at radius 2 is 2.62 bits per heavy atom. The Balaban J connectivity index is 2.16. The molecule has 13 heavy (non-hydrogen) atoms. The van der Waals surface area contributed by atoms with Crippen molar-refractivity contribution in [3.05, 3.63) is 16.1 Å². The summed E-state index contributed by atoms with van der Waals surface area (Å²) in [7, 11) is 0. The summed E-state index contributed by atoms with van der Waals surface area (Å²) in [5.41, 5.74) is 0. The van der Waals surface area contributed by atoms with E-state index >= 15 is 0 Å². The summed E-state index contributed by atoms with van der Waals surface area (Å²) in [6, 6.07) is 0. The summed E-state index contributed by atoms with van der Waals surface area (Å²) < 4.78 is 5.20. The number of carbonyl (C=O) groups is 1. The van der Waals surface area contributed by atoms with Crippen LogP contribution in [0.1, 0.15) is 27.0 Å². The summed E-state index contributed by atoms with van der Waals surface area (Å²) in [5, 5.41) is 9.56. The van der Waals surface area contributed by atoms with Gasteiger partial charge >= 0.3 is 5.97 Å². The second-order valence-electron chi connectivity index (χ2n) is 2.93. The van der Waals surface area contributed by atoms with Crippen molar-refractivity contribution in [3.63, 3.8) is 0 Å². The molecule has 1 unspecified atom stereocenters. The molecule has 0 amide bonds. The number of nitrogens with zero attached hydrogens (tertiary/aromatic N) is 1. The number of aromatic carboxylic acids is 1. The number of carboxylic acid groups (broad SMARTS) is 1. The van der Waals surface area contributed by atoms with E-state index in [1.54, 1.807) is 0 Å². The molecule has 0 spiro atoms. The summed E-state index contributed by atoms with van der Waals surface area (Å²) >= 11 is 1.25. The molecule has 1 fully saturated rings. The van der Waals surface area contributed by atoms with Crippen LogP contribution in [0.2, 0.25) is 0 Å². The molecule has 1 aromatic heterocycles. The normalized spacial score (nSPS) is 22.0. The Kier molecular flexibility index (Phi) is 2.28. The fourth-order valence-electron chi connectivity index (χ4n) is 1.30. The Labute approximate surface area is 79.2 Å². The van der Waals surface area contributed by atoms with Gasteiger partial charge in [0, 0.05) is 12.5 Å². The van der Waals surface area contributed by atoms with Crippen molar-refractivity contribution >= 4 is 17.3 Å². The highest BCUT2D eigenvalue weighted by Crippen LogP contribution is 2.28. The molecule has 4 nitrogen and oxygen atoms in total. The maximum Gasteiger partial charge on any atom is 0.347 e. The van der Waals surface area contributed by atoms with Crippen molar-refractivity contribution < 1.29 is 14.6 Å². The largest absolute Gasteiger partial charge is 0.477 e. The molecule has 1 N–H and O–H groups in total. The van der Waals surface area contributed by atoms with Crippen molar-refractivity contribution in [2.75, 3.05) is 13.2 Å². The van der Waals surface area contributed by atoms with Crippen LogP contribution in [0.5, 0.6) is 0 Å². The van der Waals surface area contributed by atoms with Gasteiger partial charge in [-0.3, -0.25) is 0 Å². The third kappa shape index (κ3) is 1.71. The Bertz CT molecular complexity index is 317. The van der Waals surface area contributed by atoms with E-state index in [9.17, 15) is 4.79 Å². The van der Waals surface area contributed by atoms with Crippen LogP contribution in [0.25, 0.3) is 0 Å². The SMILES string of the molecule is O=C(O)c1cnc(C2CCOC2)s1. The van der Waals surface area contributed by atoms with Gasteiger partial charge in [0.25, 0.3) is 0 Å². The van der Waals surface area contributed by atoms with Gasteiger partial charge in [-0.2, -0.15) is 0 Å². The number of ether oxygens (including phenoxy) is 1. The first kappa shape index (κ1) is 8.65. The smallest absolute Gasteiger partial charge is 0.347 e. The molecular formula is C8H9NO3S. The molecule has 0 bridgehead atoms. The van der Waals surface area contributed by atoms with Crippen LogP contribution in [0.4, 0.5) is 0 Å². The van der Waals surface area contributed by atoms with Gasteiger partial charge in [-0.05, 0) is 6.42 Å². The van der Waals surface area contributed by atoms with E-state index in [0.717, 1.165) is 18.0 Å². The molecule has 1 saturated heterocycles. The highest BCUT2D eigenvalue weighted by atomic mass is 32.1. The highest BCUT2D eigenvalue weighted by Gasteiger charge is 2.21. The first-order valence-electron chi connectivity index (χ1n) is 4.04. The molecule has 0 aromatic carbocycles. The van der Waals surface area contributed by atoms with E-state index in [1.165, 1.54) is 17.5 Å². The van der Waals surface area contributed by atoms with E-state index in [1.807, 2.05) is 0 Å². The molecule has 0 saturated carbocycles. The standard InChI is InChI=1S/C8H9NO3S/c10-8(11)6-3-9-7(13-6)5-1-2-12-4-5/h3,5H,1-2,4H2,(H,10,11). The van der Waals surface area contributed by atoms with Crippen LogP contribution in [0, 0.1) is 0 Å². The molecule has 0 radical (unpaired) electrons. The van der Waals surface area contributed by atoms with Crippen LogP contribution in [-0.4, -0.2) is 29.3 Å². The minimum absolute atomic E-state index is 0.304. The first-order chi connectivity index (χ1) is 6.27.